The van der Waals surface area contributed by atoms with Crippen LogP contribution in [-0.2, 0) is 4.79 Å². The van der Waals surface area contributed by atoms with Crippen LogP contribution in [0.25, 0.3) is 0 Å². The molecule has 6 nitrogen and oxygen atoms in total. The molecule has 0 fully saturated rings. The van der Waals surface area contributed by atoms with Crippen LogP contribution in [0, 0.1) is 15.9 Å². The summed E-state index contributed by atoms with van der Waals surface area (Å²) in [6, 6.07) is 6.11. The Kier molecular flexibility index (Phi) is 4.13. The van der Waals surface area contributed by atoms with Gasteiger partial charge in [0.25, 0.3) is 5.69 Å². The van der Waals surface area contributed by atoms with Crippen LogP contribution in [-0.4, -0.2) is 15.8 Å². The number of aromatic nitrogens is 1. The summed E-state index contributed by atoms with van der Waals surface area (Å²) in [6.07, 6.45) is 1.20. The van der Waals surface area contributed by atoms with Crippen LogP contribution in [0.15, 0.2) is 36.5 Å². The van der Waals surface area contributed by atoms with E-state index in [0.717, 1.165) is 17.0 Å². The zero-order chi connectivity index (χ0) is 15.6. The van der Waals surface area contributed by atoms with E-state index < -0.39 is 16.6 Å². The Morgan fingerprint density at radius 2 is 2.10 bits per heavy atom. The molecule has 0 unspecified atom stereocenters. The third kappa shape index (κ3) is 3.14. The zero-order valence-electron chi connectivity index (χ0n) is 10.8. The van der Waals surface area contributed by atoms with Crippen molar-refractivity contribution >= 4 is 34.7 Å². The monoisotopic (exact) mass is 309 g/mol. The summed E-state index contributed by atoms with van der Waals surface area (Å²) in [7, 11) is 0. The standard InChI is InChI=1S/C13H9ClFN3O3/c1-8(19)17(9-2-3-11(14)12(15)6-9)13-7-10(18(20)21)4-5-16-13/h2-7H,1H3. The predicted molar refractivity (Wildman–Crippen MR) is 75.1 cm³/mol. The van der Waals surface area contributed by atoms with Crippen molar-refractivity contribution in [3.63, 3.8) is 0 Å². The van der Waals surface area contributed by atoms with Crippen molar-refractivity contribution in [2.24, 2.45) is 0 Å². The predicted octanol–water partition coefficient (Wildman–Crippen LogP) is 3.47. The minimum atomic E-state index is -0.703. The van der Waals surface area contributed by atoms with E-state index >= 15 is 0 Å². The quantitative estimate of drug-likeness (QED) is 0.642. The third-order valence-corrected chi connectivity index (χ3v) is 2.95. The number of hydrogen-bond donors (Lipinski definition) is 0. The maximum atomic E-state index is 13.5. The van der Waals surface area contributed by atoms with E-state index in [0.29, 0.717) is 0 Å². The molecule has 1 heterocycles. The van der Waals surface area contributed by atoms with Gasteiger partial charge >= 0.3 is 0 Å². The summed E-state index contributed by atoms with van der Waals surface area (Å²) >= 11 is 5.59. The normalized spacial score (nSPS) is 10.2. The summed E-state index contributed by atoms with van der Waals surface area (Å²) in [4.78, 5) is 26.9. The Morgan fingerprint density at radius 1 is 1.38 bits per heavy atom. The van der Waals surface area contributed by atoms with Crippen LogP contribution >= 0.6 is 11.6 Å². The molecular weight excluding hydrogens is 301 g/mol. The molecule has 1 aromatic heterocycles. The number of halogens is 2. The second kappa shape index (κ2) is 5.84. The smallest absolute Gasteiger partial charge is 0.274 e. The highest BCUT2D eigenvalue weighted by atomic mass is 35.5. The SMILES string of the molecule is CC(=O)N(c1ccc(Cl)c(F)c1)c1cc([N+](=O)[O-])ccn1. The zero-order valence-corrected chi connectivity index (χ0v) is 11.5. The number of rotatable bonds is 3. The fourth-order valence-electron chi connectivity index (χ4n) is 1.74. The molecular formula is C13H9ClFN3O3. The van der Waals surface area contributed by atoms with Gasteiger partial charge < -0.3 is 0 Å². The number of hydrogen-bond acceptors (Lipinski definition) is 4. The van der Waals surface area contributed by atoms with Crippen molar-refractivity contribution in [3.05, 3.63) is 57.5 Å². The summed E-state index contributed by atoms with van der Waals surface area (Å²) in [5, 5.41) is 10.7. The molecule has 0 spiro atoms. The highest BCUT2D eigenvalue weighted by molar-refractivity contribution is 6.30. The lowest BCUT2D eigenvalue weighted by Gasteiger charge is -2.20. The number of nitro groups is 1. The van der Waals surface area contributed by atoms with E-state index in [-0.39, 0.29) is 22.2 Å². The van der Waals surface area contributed by atoms with Crippen LogP contribution < -0.4 is 4.90 Å². The summed E-state index contributed by atoms with van der Waals surface area (Å²) in [5.74, 6) is -1.14. The van der Waals surface area contributed by atoms with Crippen molar-refractivity contribution in [2.45, 2.75) is 6.92 Å². The summed E-state index contributed by atoms with van der Waals surface area (Å²) < 4.78 is 13.5. The van der Waals surface area contributed by atoms with Gasteiger partial charge in [0.1, 0.15) is 11.6 Å². The second-order valence-electron chi connectivity index (χ2n) is 4.08. The minimum Gasteiger partial charge on any atom is -0.274 e. The highest BCUT2D eigenvalue weighted by Crippen LogP contribution is 2.29. The van der Waals surface area contributed by atoms with Crippen LogP contribution in [0.5, 0.6) is 0 Å². The molecule has 0 aliphatic heterocycles. The van der Waals surface area contributed by atoms with Gasteiger partial charge in [0, 0.05) is 19.2 Å². The lowest BCUT2D eigenvalue weighted by molar-refractivity contribution is -0.384. The van der Waals surface area contributed by atoms with Gasteiger partial charge in [-0.25, -0.2) is 9.37 Å². The number of benzene rings is 1. The molecule has 0 saturated heterocycles. The molecule has 0 aliphatic carbocycles. The largest absolute Gasteiger partial charge is 0.274 e. The number of amides is 1. The van der Waals surface area contributed by atoms with Crippen LogP contribution in [0.2, 0.25) is 5.02 Å². The number of anilines is 2. The Labute approximate surface area is 123 Å². The van der Waals surface area contributed by atoms with Crippen LogP contribution in [0.1, 0.15) is 6.92 Å². The molecule has 1 amide bonds. The lowest BCUT2D eigenvalue weighted by atomic mass is 10.2. The highest BCUT2D eigenvalue weighted by Gasteiger charge is 2.19. The second-order valence-corrected chi connectivity index (χ2v) is 4.49. The molecule has 8 heteroatoms. The Bertz CT molecular complexity index is 724. The summed E-state index contributed by atoms with van der Waals surface area (Å²) in [5.41, 5.74) is -0.0434. The van der Waals surface area contributed by atoms with Crippen LogP contribution in [0.4, 0.5) is 21.6 Å². The van der Waals surface area contributed by atoms with Gasteiger partial charge in [-0.3, -0.25) is 19.8 Å². The lowest BCUT2D eigenvalue weighted by Crippen LogP contribution is -2.23. The first-order valence-corrected chi connectivity index (χ1v) is 6.14. The first-order valence-electron chi connectivity index (χ1n) is 5.76. The van der Waals surface area contributed by atoms with E-state index in [1.54, 1.807) is 0 Å². The van der Waals surface area contributed by atoms with Gasteiger partial charge in [0.05, 0.1) is 21.7 Å². The molecule has 0 aliphatic rings. The van der Waals surface area contributed by atoms with Gasteiger partial charge in [-0.2, -0.15) is 0 Å². The molecule has 2 rings (SSSR count). The molecule has 0 atom stereocenters. The molecule has 0 N–H and O–H groups in total. The van der Waals surface area contributed by atoms with E-state index in [2.05, 4.69) is 4.98 Å². The third-order valence-electron chi connectivity index (χ3n) is 2.65. The average molecular weight is 310 g/mol. The average Bonchev–Trinajstić information content (AvgIpc) is 2.43. The Balaban J connectivity index is 2.53. The van der Waals surface area contributed by atoms with E-state index in [1.165, 1.54) is 31.3 Å². The van der Waals surface area contributed by atoms with Crippen molar-refractivity contribution in [2.75, 3.05) is 4.90 Å². The minimum absolute atomic E-state index is 0.0263. The van der Waals surface area contributed by atoms with E-state index in [9.17, 15) is 19.3 Å². The molecule has 108 valence electrons. The first kappa shape index (κ1) is 14.9. The first-order chi connectivity index (χ1) is 9.90. The number of nitrogens with zero attached hydrogens (tertiary/aromatic N) is 3. The molecule has 21 heavy (non-hydrogen) atoms. The van der Waals surface area contributed by atoms with E-state index in [1.807, 2.05) is 0 Å². The van der Waals surface area contributed by atoms with E-state index in [4.69, 9.17) is 11.6 Å². The van der Waals surface area contributed by atoms with Gasteiger partial charge in [-0.1, -0.05) is 11.6 Å². The Hall–Kier alpha value is -2.54. The van der Waals surface area contributed by atoms with Crippen molar-refractivity contribution < 1.29 is 14.1 Å². The summed E-state index contributed by atoms with van der Waals surface area (Å²) in [6.45, 7) is 1.24. The maximum Gasteiger partial charge on any atom is 0.274 e. The topological polar surface area (TPSA) is 76.3 Å². The maximum absolute atomic E-state index is 13.5. The molecule has 1 aromatic carbocycles. The van der Waals surface area contributed by atoms with Gasteiger partial charge in [-0.05, 0) is 18.2 Å². The number of carbonyl (C=O) groups excluding carboxylic acids is 1. The fourth-order valence-corrected chi connectivity index (χ4v) is 1.86. The van der Waals surface area contributed by atoms with Crippen molar-refractivity contribution in [1.29, 1.82) is 0 Å². The molecule has 0 saturated carbocycles. The van der Waals surface area contributed by atoms with Gasteiger partial charge in [-0.15, -0.1) is 0 Å². The van der Waals surface area contributed by atoms with Crippen LogP contribution in [0.3, 0.4) is 0 Å². The molecule has 2 aromatic rings. The van der Waals surface area contributed by atoms with Gasteiger partial charge in [0.2, 0.25) is 5.91 Å². The number of pyridine rings is 1. The molecule has 0 bridgehead atoms. The van der Waals surface area contributed by atoms with Gasteiger partial charge in [0.15, 0.2) is 0 Å². The fraction of sp³-hybridized carbons (Fsp3) is 0.0769. The van der Waals surface area contributed by atoms with Crippen molar-refractivity contribution in [1.82, 2.24) is 4.98 Å². The van der Waals surface area contributed by atoms with Crippen molar-refractivity contribution in [3.8, 4) is 0 Å². The number of carbonyl (C=O) groups is 1. The molecule has 0 radical (unpaired) electrons. The Morgan fingerprint density at radius 3 is 2.67 bits per heavy atom.